The number of rotatable bonds is 29. The van der Waals surface area contributed by atoms with E-state index in [1.165, 1.54) is 6.92 Å². The summed E-state index contributed by atoms with van der Waals surface area (Å²) in [7, 11) is -3.69. The minimum absolute atomic E-state index is 0.00526. The Morgan fingerprint density at radius 3 is 1.31 bits per heavy atom. The number of alkyl halides is 17. The molecule has 55 heavy (non-hydrogen) atoms. The highest BCUT2D eigenvalue weighted by Gasteiger charge is 2.95. The van der Waals surface area contributed by atoms with Crippen LogP contribution in [-0.2, 0) is 28.5 Å². The number of ether oxygens (including phenoxy) is 3. The van der Waals surface area contributed by atoms with E-state index in [1.807, 2.05) is 0 Å². The van der Waals surface area contributed by atoms with Gasteiger partial charge in [-0.2, -0.15) is 83.1 Å². The van der Waals surface area contributed by atoms with E-state index in [4.69, 9.17) is 18.4 Å². The summed E-state index contributed by atoms with van der Waals surface area (Å²) < 4.78 is 271. The van der Waals surface area contributed by atoms with Crippen molar-refractivity contribution in [2.75, 3.05) is 39.3 Å². The highest BCUT2D eigenvalue weighted by atomic mass is 32.2. The van der Waals surface area contributed by atoms with E-state index in [0.717, 1.165) is 6.26 Å². The van der Waals surface area contributed by atoms with E-state index in [2.05, 4.69) is 0 Å². The van der Waals surface area contributed by atoms with Gasteiger partial charge < -0.3 is 19.3 Å². The SMILES string of the molecule is CC(OS(C)(=O)=O)C(C)(C)OCCOCC(O)COCCCCCCCCCCCC(F)(F)C(F)(F)C(F)(F)C(F)(F)C(F)(F)C(F)(F)C(F)(F)C(F)(F)F. The number of unbranched alkanes of at least 4 members (excludes halogenated alkanes) is 8. The Hall–Kier alpha value is -1.44. The fraction of sp³-hybridized carbons (Fsp3) is 1.00. The zero-order valence-corrected chi connectivity index (χ0v) is 30.8. The summed E-state index contributed by atoms with van der Waals surface area (Å²) in [4.78, 5) is 0. The first-order valence-corrected chi connectivity index (χ1v) is 18.4. The van der Waals surface area contributed by atoms with E-state index < -0.39 is 94.8 Å². The zero-order chi connectivity index (χ0) is 43.6. The Morgan fingerprint density at radius 2 is 0.891 bits per heavy atom. The number of aliphatic hydroxyl groups is 1. The first-order valence-electron chi connectivity index (χ1n) is 16.5. The Morgan fingerprint density at radius 1 is 0.527 bits per heavy atom. The van der Waals surface area contributed by atoms with Gasteiger partial charge in [0.05, 0.1) is 38.3 Å². The van der Waals surface area contributed by atoms with E-state index in [9.17, 15) is 88.2 Å². The van der Waals surface area contributed by atoms with Crippen molar-refractivity contribution in [3.63, 3.8) is 0 Å². The molecule has 0 saturated carbocycles. The van der Waals surface area contributed by atoms with Crippen LogP contribution in [0.4, 0.5) is 74.6 Å². The van der Waals surface area contributed by atoms with Gasteiger partial charge >= 0.3 is 47.6 Å². The van der Waals surface area contributed by atoms with Crippen LogP contribution in [0, 0.1) is 0 Å². The molecule has 0 amide bonds. The molecule has 0 fully saturated rings. The summed E-state index contributed by atoms with van der Waals surface area (Å²) in [5.41, 5.74) is -0.951. The van der Waals surface area contributed by atoms with Crippen molar-refractivity contribution in [1.82, 2.24) is 0 Å². The molecule has 332 valence electrons. The van der Waals surface area contributed by atoms with E-state index in [1.54, 1.807) is 13.8 Å². The lowest BCUT2D eigenvalue weighted by Gasteiger charge is -2.42. The maximum absolute atomic E-state index is 14.0. The van der Waals surface area contributed by atoms with Crippen molar-refractivity contribution in [3.8, 4) is 0 Å². The van der Waals surface area contributed by atoms with Gasteiger partial charge in [0.25, 0.3) is 10.1 Å². The molecule has 7 nitrogen and oxygen atoms in total. The third-order valence-electron chi connectivity index (χ3n) is 8.19. The maximum atomic E-state index is 14.0. The van der Waals surface area contributed by atoms with E-state index in [-0.39, 0.29) is 45.9 Å². The number of halogens is 17. The van der Waals surface area contributed by atoms with Gasteiger partial charge in [-0.15, -0.1) is 0 Å². The number of hydrogen-bond acceptors (Lipinski definition) is 7. The Bertz CT molecular complexity index is 1250. The smallest absolute Gasteiger partial charge is 0.388 e. The summed E-state index contributed by atoms with van der Waals surface area (Å²) in [6.07, 6.45) is -9.46. The van der Waals surface area contributed by atoms with Crippen molar-refractivity contribution in [2.24, 2.45) is 0 Å². The molecule has 0 radical (unpaired) electrons. The van der Waals surface area contributed by atoms with Crippen LogP contribution < -0.4 is 0 Å². The summed E-state index contributed by atoms with van der Waals surface area (Å²) >= 11 is 0. The van der Waals surface area contributed by atoms with E-state index >= 15 is 0 Å². The molecule has 1 N–H and O–H groups in total. The van der Waals surface area contributed by atoms with Crippen molar-refractivity contribution in [3.05, 3.63) is 0 Å². The monoisotopic (exact) mass is 872 g/mol. The van der Waals surface area contributed by atoms with Gasteiger partial charge in [0, 0.05) is 13.0 Å². The molecule has 0 aromatic heterocycles. The van der Waals surface area contributed by atoms with Crippen molar-refractivity contribution < 1.29 is 107 Å². The third kappa shape index (κ3) is 13.8. The number of aliphatic hydroxyl groups excluding tert-OH is 1. The van der Waals surface area contributed by atoms with Crippen LogP contribution in [0.25, 0.3) is 0 Å². The molecular weight excluding hydrogens is 827 g/mol. The number of hydrogen-bond donors (Lipinski definition) is 1. The molecule has 0 spiro atoms. The molecule has 0 heterocycles. The molecule has 0 aliphatic heterocycles. The lowest BCUT2D eigenvalue weighted by atomic mass is 9.87. The maximum Gasteiger partial charge on any atom is 0.460 e. The predicted octanol–water partition coefficient (Wildman–Crippen LogP) is 9.45. The highest BCUT2D eigenvalue weighted by Crippen LogP contribution is 2.64. The van der Waals surface area contributed by atoms with Gasteiger partial charge in [-0.25, -0.2) is 0 Å². The fourth-order valence-corrected chi connectivity index (χ4v) is 5.24. The van der Waals surface area contributed by atoms with Crippen LogP contribution in [0.3, 0.4) is 0 Å². The lowest BCUT2D eigenvalue weighted by Crippen LogP contribution is -2.74. The van der Waals surface area contributed by atoms with Crippen molar-refractivity contribution in [2.45, 2.75) is 150 Å². The van der Waals surface area contributed by atoms with Crippen molar-refractivity contribution >= 4 is 10.1 Å². The molecule has 2 unspecified atom stereocenters. The molecule has 0 aliphatic rings. The molecule has 0 saturated heterocycles. The lowest BCUT2D eigenvalue weighted by molar-refractivity contribution is -0.461. The average Bonchev–Trinajstić information content (AvgIpc) is 3.01. The van der Waals surface area contributed by atoms with Crippen LogP contribution in [0.15, 0.2) is 0 Å². The second-order valence-electron chi connectivity index (χ2n) is 13.3. The summed E-state index contributed by atoms with van der Waals surface area (Å²) in [6, 6.07) is 0. The van der Waals surface area contributed by atoms with Gasteiger partial charge in [0.1, 0.15) is 12.2 Å². The summed E-state index contributed by atoms with van der Waals surface area (Å²) in [5.74, 6) is -56.1. The molecule has 0 aliphatic carbocycles. The molecule has 0 aromatic rings. The standard InChI is InChI=1S/C30H45F17O7S/c1-20(54-55(4,49)50)22(2,3)53-17-16-52-19-21(48)18-51-15-13-11-9-7-5-6-8-10-12-14-23(31,32)24(33,34)25(35,36)26(37,38)27(39,40)28(41,42)29(43,44)30(45,46)47/h20-21,48H,5-19H2,1-4H3. The van der Waals surface area contributed by atoms with Gasteiger partial charge in [-0.1, -0.05) is 44.9 Å². The minimum atomic E-state index is -8.62. The van der Waals surface area contributed by atoms with Crippen LogP contribution in [-0.4, -0.2) is 118 Å². The fourth-order valence-electron chi connectivity index (χ4n) is 4.49. The third-order valence-corrected chi connectivity index (χ3v) is 8.83. The average molecular weight is 873 g/mol. The van der Waals surface area contributed by atoms with Crippen LogP contribution in [0.1, 0.15) is 85.0 Å². The van der Waals surface area contributed by atoms with Gasteiger partial charge in [-0.3, -0.25) is 4.18 Å². The molecule has 25 heteroatoms. The largest absolute Gasteiger partial charge is 0.460 e. The topological polar surface area (TPSA) is 91.3 Å². The quantitative estimate of drug-likeness (QED) is 0.0455. The second-order valence-corrected chi connectivity index (χ2v) is 14.9. The van der Waals surface area contributed by atoms with Crippen LogP contribution in [0.5, 0.6) is 0 Å². The molecule has 0 bridgehead atoms. The first kappa shape index (κ1) is 53.6. The van der Waals surface area contributed by atoms with E-state index in [0.29, 0.717) is 32.1 Å². The Labute approximate surface area is 306 Å². The molecule has 0 rings (SSSR count). The zero-order valence-electron chi connectivity index (χ0n) is 30.0. The van der Waals surface area contributed by atoms with Gasteiger partial charge in [0.15, 0.2) is 0 Å². The summed E-state index contributed by atoms with van der Waals surface area (Å²) in [5, 5.41) is 9.91. The first-order chi connectivity index (χ1) is 24.5. The molecular formula is C30H45F17O7S. The van der Waals surface area contributed by atoms with Crippen LogP contribution >= 0.6 is 0 Å². The summed E-state index contributed by atoms with van der Waals surface area (Å²) in [6.45, 7) is 5.05. The van der Waals surface area contributed by atoms with Gasteiger partial charge in [0.2, 0.25) is 0 Å². The van der Waals surface area contributed by atoms with Crippen LogP contribution in [0.2, 0.25) is 0 Å². The normalized spacial score (nSPS) is 16.1. The molecule has 2 atom stereocenters. The molecule has 0 aromatic carbocycles. The minimum Gasteiger partial charge on any atom is -0.388 e. The van der Waals surface area contributed by atoms with Crippen molar-refractivity contribution in [1.29, 1.82) is 0 Å². The second kappa shape index (κ2) is 20.0. The Balaban J connectivity index is 4.48. The Kier molecular flexibility index (Phi) is 19.5. The highest BCUT2D eigenvalue weighted by molar-refractivity contribution is 7.86. The van der Waals surface area contributed by atoms with Gasteiger partial charge in [-0.05, 0) is 33.6 Å². The predicted molar refractivity (Wildman–Crippen MR) is 160 cm³/mol.